The van der Waals surface area contributed by atoms with Crippen LogP contribution in [-0.4, -0.2) is 44.1 Å². The number of nitriles is 1. The predicted molar refractivity (Wildman–Crippen MR) is 106 cm³/mol. The SMILES string of the molecule is N#Cc1cccc(Nc2nc(NCC(F)(F)F)n3ncc(/C=C4\CC(=O)NC4=O)c3n2)c1. The maximum Gasteiger partial charge on any atom is 0.405 e. The van der Waals surface area contributed by atoms with Gasteiger partial charge in [-0.1, -0.05) is 6.07 Å². The van der Waals surface area contributed by atoms with Crippen LogP contribution in [0, 0.1) is 11.3 Å². The Labute approximate surface area is 177 Å². The van der Waals surface area contributed by atoms with Crippen molar-refractivity contribution in [1.29, 1.82) is 5.26 Å². The number of benzene rings is 1. The highest BCUT2D eigenvalue weighted by Crippen LogP contribution is 2.23. The summed E-state index contributed by atoms with van der Waals surface area (Å²) in [6.45, 7) is -1.37. The first-order chi connectivity index (χ1) is 15.2. The third-order valence-corrected chi connectivity index (χ3v) is 4.32. The maximum atomic E-state index is 12.8. The highest BCUT2D eigenvalue weighted by atomic mass is 19.4. The van der Waals surface area contributed by atoms with Gasteiger partial charge in [-0.3, -0.25) is 14.9 Å². The zero-order valence-corrected chi connectivity index (χ0v) is 16.1. The van der Waals surface area contributed by atoms with Crippen LogP contribution in [-0.2, 0) is 9.59 Å². The number of fused-ring (bicyclic) bond motifs is 1. The molecule has 0 aliphatic carbocycles. The second-order valence-corrected chi connectivity index (χ2v) is 6.72. The van der Waals surface area contributed by atoms with E-state index in [1.54, 1.807) is 18.2 Å². The average Bonchev–Trinajstić information content (AvgIpc) is 3.28. The lowest BCUT2D eigenvalue weighted by Crippen LogP contribution is -2.23. The Morgan fingerprint density at radius 1 is 1.28 bits per heavy atom. The standard InChI is InChI=1S/C19H13F3N8O2/c20-19(21,22)9-24-18-29-17(26-13-3-1-2-10(4-13)7-23)28-15-12(8-25-30(15)18)5-11-6-14(31)27-16(11)32/h1-5,8H,6,9H2,(H,27,31,32)(H2,24,26,28,29)/b11-5+. The van der Waals surface area contributed by atoms with Crippen LogP contribution in [0.2, 0.25) is 0 Å². The maximum absolute atomic E-state index is 12.8. The monoisotopic (exact) mass is 442 g/mol. The topological polar surface area (TPSA) is 137 Å². The number of amides is 2. The van der Waals surface area contributed by atoms with Crippen LogP contribution in [0.3, 0.4) is 0 Å². The number of hydrogen-bond donors (Lipinski definition) is 3. The highest BCUT2D eigenvalue weighted by molar-refractivity contribution is 6.15. The van der Waals surface area contributed by atoms with E-state index in [9.17, 15) is 22.8 Å². The lowest BCUT2D eigenvalue weighted by Gasteiger charge is -2.12. The molecule has 3 aromatic rings. The van der Waals surface area contributed by atoms with Gasteiger partial charge in [-0.2, -0.15) is 38.0 Å². The van der Waals surface area contributed by atoms with Gasteiger partial charge in [0.2, 0.25) is 17.8 Å². The van der Waals surface area contributed by atoms with Crippen LogP contribution in [0.15, 0.2) is 36.0 Å². The number of nitrogens with one attached hydrogen (secondary N) is 3. The molecule has 1 aliphatic rings. The molecule has 0 unspecified atom stereocenters. The number of carbonyl (C=O) groups is 2. The molecular formula is C19H13F3N8O2. The van der Waals surface area contributed by atoms with E-state index in [0.29, 0.717) is 16.8 Å². The Morgan fingerprint density at radius 2 is 2.09 bits per heavy atom. The molecular weight excluding hydrogens is 429 g/mol. The summed E-state index contributed by atoms with van der Waals surface area (Å²) in [6, 6.07) is 8.33. The first-order valence-electron chi connectivity index (χ1n) is 9.10. The van der Waals surface area contributed by atoms with Crippen molar-refractivity contribution < 1.29 is 22.8 Å². The molecule has 13 heteroatoms. The smallest absolute Gasteiger partial charge is 0.345 e. The molecule has 0 saturated carbocycles. The molecule has 1 aromatic carbocycles. The molecule has 0 spiro atoms. The summed E-state index contributed by atoms with van der Waals surface area (Å²) < 4.78 is 39.3. The molecule has 32 heavy (non-hydrogen) atoms. The fraction of sp³-hybridized carbons (Fsp3) is 0.158. The van der Waals surface area contributed by atoms with Gasteiger partial charge in [0.1, 0.15) is 6.54 Å². The number of halogens is 3. The molecule has 1 fully saturated rings. The summed E-state index contributed by atoms with van der Waals surface area (Å²) >= 11 is 0. The molecule has 10 nitrogen and oxygen atoms in total. The number of anilines is 3. The van der Waals surface area contributed by atoms with Crippen molar-refractivity contribution in [2.45, 2.75) is 12.6 Å². The number of hydrogen-bond acceptors (Lipinski definition) is 8. The van der Waals surface area contributed by atoms with Crippen LogP contribution in [0.1, 0.15) is 17.5 Å². The number of alkyl halides is 3. The summed E-state index contributed by atoms with van der Waals surface area (Å²) in [5.74, 6) is -1.34. The van der Waals surface area contributed by atoms with Gasteiger partial charge in [0.25, 0.3) is 5.91 Å². The Kier molecular flexibility index (Phi) is 5.19. The normalized spacial score (nSPS) is 15.1. The average molecular weight is 442 g/mol. The predicted octanol–water partition coefficient (Wildman–Crippen LogP) is 2.14. The summed E-state index contributed by atoms with van der Waals surface area (Å²) in [5.41, 5.74) is 1.37. The first kappa shape index (κ1) is 20.8. The number of carbonyl (C=O) groups excluding carboxylic acids is 2. The molecule has 3 N–H and O–H groups in total. The van der Waals surface area contributed by atoms with Gasteiger partial charge in [-0.15, -0.1) is 0 Å². The molecule has 0 radical (unpaired) electrons. The Hall–Kier alpha value is -4.47. The van der Waals surface area contributed by atoms with E-state index in [4.69, 9.17) is 5.26 Å². The second kappa shape index (κ2) is 7.99. The molecule has 2 aromatic heterocycles. The quantitative estimate of drug-likeness (QED) is 0.404. The Morgan fingerprint density at radius 3 is 2.78 bits per heavy atom. The number of rotatable bonds is 5. The van der Waals surface area contributed by atoms with E-state index in [1.165, 1.54) is 18.3 Å². The van der Waals surface area contributed by atoms with Crippen molar-refractivity contribution in [3.8, 4) is 6.07 Å². The molecule has 0 atom stereocenters. The zero-order chi connectivity index (χ0) is 22.9. The van der Waals surface area contributed by atoms with E-state index in [2.05, 4.69) is 31.0 Å². The minimum absolute atomic E-state index is 0.0654. The summed E-state index contributed by atoms with van der Waals surface area (Å²) in [6.07, 6.45) is -1.95. The summed E-state index contributed by atoms with van der Waals surface area (Å²) in [7, 11) is 0. The van der Waals surface area contributed by atoms with Gasteiger partial charge in [0, 0.05) is 16.8 Å². The molecule has 0 bridgehead atoms. The number of imide groups is 1. The summed E-state index contributed by atoms with van der Waals surface area (Å²) in [4.78, 5) is 31.6. The van der Waals surface area contributed by atoms with Crippen molar-refractivity contribution in [2.24, 2.45) is 0 Å². The van der Waals surface area contributed by atoms with Gasteiger partial charge in [0.15, 0.2) is 5.65 Å². The van der Waals surface area contributed by atoms with Crippen molar-refractivity contribution >= 4 is 41.1 Å². The van der Waals surface area contributed by atoms with Gasteiger partial charge >= 0.3 is 6.18 Å². The fourth-order valence-electron chi connectivity index (χ4n) is 2.95. The molecule has 1 saturated heterocycles. The van der Waals surface area contributed by atoms with Crippen LogP contribution < -0.4 is 16.0 Å². The van der Waals surface area contributed by atoms with Crippen molar-refractivity contribution in [1.82, 2.24) is 24.9 Å². The van der Waals surface area contributed by atoms with Gasteiger partial charge in [0.05, 0.1) is 24.3 Å². The van der Waals surface area contributed by atoms with E-state index in [-0.39, 0.29) is 29.5 Å². The minimum atomic E-state index is -4.51. The highest BCUT2D eigenvalue weighted by Gasteiger charge is 2.28. The minimum Gasteiger partial charge on any atom is -0.345 e. The first-order valence-corrected chi connectivity index (χ1v) is 9.10. The molecule has 2 amide bonds. The second-order valence-electron chi connectivity index (χ2n) is 6.72. The number of aromatic nitrogens is 4. The van der Waals surface area contributed by atoms with Gasteiger partial charge in [-0.05, 0) is 24.3 Å². The Bertz CT molecular complexity index is 1310. The third-order valence-electron chi connectivity index (χ3n) is 4.32. The van der Waals surface area contributed by atoms with E-state index < -0.39 is 24.5 Å². The molecule has 4 rings (SSSR count). The van der Waals surface area contributed by atoms with Crippen LogP contribution in [0.4, 0.5) is 30.8 Å². The lowest BCUT2D eigenvalue weighted by atomic mass is 10.1. The fourth-order valence-corrected chi connectivity index (χ4v) is 2.95. The summed E-state index contributed by atoms with van der Waals surface area (Å²) in [5, 5.41) is 20.2. The van der Waals surface area contributed by atoms with E-state index in [0.717, 1.165) is 4.52 Å². The van der Waals surface area contributed by atoms with Crippen LogP contribution >= 0.6 is 0 Å². The largest absolute Gasteiger partial charge is 0.405 e. The van der Waals surface area contributed by atoms with Crippen molar-refractivity contribution in [2.75, 3.05) is 17.2 Å². The third kappa shape index (κ3) is 4.48. The molecule has 1 aliphatic heterocycles. The molecule has 3 heterocycles. The molecule has 162 valence electrons. The van der Waals surface area contributed by atoms with Crippen LogP contribution in [0.25, 0.3) is 11.7 Å². The number of nitrogens with zero attached hydrogens (tertiary/aromatic N) is 5. The van der Waals surface area contributed by atoms with Crippen LogP contribution in [0.5, 0.6) is 0 Å². The van der Waals surface area contributed by atoms with Crippen molar-refractivity contribution in [3.05, 3.63) is 47.2 Å². The zero-order valence-electron chi connectivity index (χ0n) is 16.1. The Balaban J connectivity index is 1.77. The van der Waals surface area contributed by atoms with Gasteiger partial charge < -0.3 is 10.6 Å². The van der Waals surface area contributed by atoms with E-state index in [1.807, 2.05) is 6.07 Å². The van der Waals surface area contributed by atoms with Crippen molar-refractivity contribution in [3.63, 3.8) is 0 Å². The van der Waals surface area contributed by atoms with E-state index >= 15 is 0 Å². The lowest BCUT2D eigenvalue weighted by molar-refractivity contribution is -0.124. The van der Waals surface area contributed by atoms with Gasteiger partial charge in [-0.25, -0.2) is 0 Å².